The van der Waals surface area contributed by atoms with Gasteiger partial charge in [-0.1, -0.05) is 0 Å². The van der Waals surface area contributed by atoms with Crippen LogP contribution in [-0.4, -0.2) is 60.7 Å². The van der Waals surface area contributed by atoms with Crippen molar-refractivity contribution in [3.05, 3.63) is 0 Å². The largest absolute Gasteiger partial charge is 0.395 e. The molecule has 0 fully saturated rings. The predicted octanol–water partition coefficient (Wildman–Crippen LogP) is -0.302. The minimum Gasteiger partial charge on any atom is -0.395 e. The number of rotatable bonds is 8. The van der Waals surface area contributed by atoms with Crippen LogP contribution in [-0.2, 0) is 4.74 Å². The molecule has 0 aliphatic carbocycles. The summed E-state index contributed by atoms with van der Waals surface area (Å²) in [6, 6.07) is 0.421. The first-order valence-corrected chi connectivity index (χ1v) is 4.76. The van der Waals surface area contributed by atoms with Crippen LogP contribution in [0.4, 0.5) is 0 Å². The van der Waals surface area contributed by atoms with E-state index in [4.69, 9.17) is 14.9 Å². The number of ether oxygens (including phenoxy) is 1. The summed E-state index contributed by atoms with van der Waals surface area (Å²) < 4.78 is 5.14. The fraction of sp³-hybridized carbons (Fsp3) is 1.00. The van der Waals surface area contributed by atoms with Gasteiger partial charge in [-0.25, -0.2) is 0 Å². The van der Waals surface area contributed by atoms with Gasteiger partial charge in [0.15, 0.2) is 0 Å². The Kier molecular flexibility index (Phi) is 8.33. The number of nitrogens with zero attached hydrogens (tertiary/aromatic N) is 1. The SMILES string of the molecule is CC(C)N(CCO)CCOCCO. The molecular formula is C9H21NO3. The molecule has 0 aromatic heterocycles. The van der Waals surface area contributed by atoms with Gasteiger partial charge in [-0.15, -0.1) is 0 Å². The Morgan fingerprint density at radius 2 is 1.77 bits per heavy atom. The van der Waals surface area contributed by atoms with Crippen molar-refractivity contribution in [2.75, 3.05) is 39.5 Å². The summed E-state index contributed by atoms with van der Waals surface area (Å²) in [7, 11) is 0. The minimum absolute atomic E-state index is 0.0711. The first-order chi connectivity index (χ1) is 6.22. The average Bonchev–Trinajstić information content (AvgIpc) is 2.10. The van der Waals surface area contributed by atoms with Crippen LogP contribution in [0, 0.1) is 0 Å². The summed E-state index contributed by atoms with van der Waals surface area (Å²) >= 11 is 0. The molecule has 0 aliphatic rings. The second-order valence-electron chi connectivity index (χ2n) is 3.19. The Bertz CT molecular complexity index is 109. The lowest BCUT2D eigenvalue weighted by Gasteiger charge is -2.25. The molecule has 0 amide bonds. The number of hydrogen-bond acceptors (Lipinski definition) is 4. The fourth-order valence-corrected chi connectivity index (χ4v) is 1.11. The van der Waals surface area contributed by atoms with E-state index in [1.54, 1.807) is 0 Å². The molecular weight excluding hydrogens is 170 g/mol. The lowest BCUT2D eigenvalue weighted by molar-refractivity contribution is 0.0614. The van der Waals surface area contributed by atoms with Gasteiger partial charge >= 0.3 is 0 Å². The Morgan fingerprint density at radius 1 is 1.08 bits per heavy atom. The summed E-state index contributed by atoms with van der Waals surface area (Å²) in [6.07, 6.45) is 0. The van der Waals surface area contributed by atoms with Crippen LogP contribution in [0.1, 0.15) is 13.8 Å². The summed E-state index contributed by atoms with van der Waals surface area (Å²) in [5.41, 5.74) is 0. The quantitative estimate of drug-likeness (QED) is 0.517. The van der Waals surface area contributed by atoms with Crippen molar-refractivity contribution in [3.63, 3.8) is 0 Å². The van der Waals surface area contributed by atoms with E-state index in [9.17, 15) is 0 Å². The van der Waals surface area contributed by atoms with E-state index < -0.39 is 0 Å². The molecule has 13 heavy (non-hydrogen) atoms. The second kappa shape index (κ2) is 8.44. The van der Waals surface area contributed by atoms with Gasteiger partial charge in [0.25, 0.3) is 0 Å². The van der Waals surface area contributed by atoms with E-state index in [-0.39, 0.29) is 13.2 Å². The highest BCUT2D eigenvalue weighted by Gasteiger charge is 2.07. The summed E-state index contributed by atoms with van der Waals surface area (Å²) in [5.74, 6) is 0. The van der Waals surface area contributed by atoms with Gasteiger partial charge in [0.1, 0.15) is 0 Å². The van der Waals surface area contributed by atoms with E-state index in [1.165, 1.54) is 0 Å². The molecule has 0 heterocycles. The maximum absolute atomic E-state index is 8.77. The van der Waals surface area contributed by atoms with Gasteiger partial charge in [-0.05, 0) is 13.8 Å². The highest BCUT2D eigenvalue weighted by molar-refractivity contribution is 4.61. The molecule has 4 nitrogen and oxygen atoms in total. The highest BCUT2D eigenvalue weighted by Crippen LogP contribution is 1.96. The third-order valence-electron chi connectivity index (χ3n) is 1.88. The third-order valence-corrected chi connectivity index (χ3v) is 1.88. The summed E-state index contributed by atoms with van der Waals surface area (Å²) in [6.45, 7) is 6.91. The lowest BCUT2D eigenvalue weighted by Crippen LogP contribution is -2.36. The molecule has 0 rings (SSSR count). The summed E-state index contributed by atoms with van der Waals surface area (Å²) in [5, 5.41) is 17.2. The van der Waals surface area contributed by atoms with Crippen LogP contribution >= 0.6 is 0 Å². The van der Waals surface area contributed by atoms with Crippen LogP contribution < -0.4 is 0 Å². The standard InChI is InChI=1S/C9H21NO3/c1-9(2)10(3-5-11)4-7-13-8-6-12/h9,11-12H,3-8H2,1-2H3. The molecule has 80 valence electrons. The zero-order chi connectivity index (χ0) is 10.1. The summed E-state index contributed by atoms with van der Waals surface area (Å²) in [4.78, 5) is 2.14. The van der Waals surface area contributed by atoms with Gasteiger partial charge in [-0.3, -0.25) is 4.90 Å². The third kappa shape index (κ3) is 6.95. The van der Waals surface area contributed by atoms with Crippen LogP contribution in [0.5, 0.6) is 0 Å². The smallest absolute Gasteiger partial charge is 0.0698 e. The van der Waals surface area contributed by atoms with E-state index in [1.807, 2.05) is 0 Å². The Hall–Kier alpha value is -0.160. The molecule has 0 spiro atoms. The van der Waals surface area contributed by atoms with Gasteiger partial charge in [0.05, 0.1) is 26.4 Å². The monoisotopic (exact) mass is 191 g/mol. The topological polar surface area (TPSA) is 52.9 Å². The molecule has 0 atom stereocenters. The first kappa shape index (κ1) is 12.8. The molecule has 0 saturated carbocycles. The molecule has 4 heteroatoms. The molecule has 0 saturated heterocycles. The maximum atomic E-state index is 8.77. The Morgan fingerprint density at radius 3 is 2.23 bits per heavy atom. The Labute approximate surface area is 80.1 Å². The van der Waals surface area contributed by atoms with E-state index in [0.717, 1.165) is 6.54 Å². The number of hydrogen-bond donors (Lipinski definition) is 2. The van der Waals surface area contributed by atoms with Crippen LogP contribution in [0.25, 0.3) is 0 Å². The second-order valence-corrected chi connectivity index (χ2v) is 3.19. The molecule has 0 aromatic rings. The van der Waals surface area contributed by atoms with Crippen molar-refractivity contribution in [3.8, 4) is 0 Å². The van der Waals surface area contributed by atoms with Gasteiger partial charge in [-0.2, -0.15) is 0 Å². The first-order valence-electron chi connectivity index (χ1n) is 4.76. The van der Waals surface area contributed by atoms with Gasteiger partial charge in [0.2, 0.25) is 0 Å². The van der Waals surface area contributed by atoms with Crippen molar-refractivity contribution in [2.45, 2.75) is 19.9 Å². The van der Waals surface area contributed by atoms with Crippen LogP contribution in [0.2, 0.25) is 0 Å². The van der Waals surface area contributed by atoms with Crippen molar-refractivity contribution < 1.29 is 14.9 Å². The minimum atomic E-state index is 0.0711. The zero-order valence-corrected chi connectivity index (χ0v) is 8.57. The van der Waals surface area contributed by atoms with Crippen LogP contribution in [0.3, 0.4) is 0 Å². The number of aliphatic hydroxyl groups excluding tert-OH is 2. The molecule has 0 aliphatic heterocycles. The van der Waals surface area contributed by atoms with Crippen molar-refractivity contribution in [1.82, 2.24) is 4.90 Å². The van der Waals surface area contributed by atoms with E-state index in [0.29, 0.717) is 25.8 Å². The van der Waals surface area contributed by atoms with Crippen molar-refractivity contribution >= 4 is 0 Å². The molecule has 2 N–H and O–H groups in total. The van der Waals surface area contributed by atoms with E-state index >= 15 is 0 Å². The fourth-order valence-electron chi connectivity index (χ4n) is 1.11. The Balaban J connectivity index is 3.45. The van der Waals surface area contributed by atoms with E-state index in [2.05, 4.69) is 18.7 Å². The normalized spacial score (nSPS) is 11.5. The number of aliphatic hydroxyl groups is 2. The predicted molar refractivity (Wildman–Crippen MR) is 51.7 cm³/mol. The van der Waals surface area contributed by atoms with Gasteiger partial charge in [0, 0.05) is 19.1 Å². The molecule has 0 aromatic carbocycles. The zero-order valence-electron chi connectivity index (χ0n) is 8.57. The molecule has 0 radical (unpaired) electrons. The lowest BCUT2D eigenvalue weighted by atomic mass is 10.3. The van der Waals surface area contributed by atoms with Gasteiger partial charge < -0.3 is 14.9 Å². The highest BCUT2D eigenvalue weighted by atomic mass is 16.5. The average molecular weight is 191 g/mol. The maximum Gasteiger partial charge on any atom is 0.0698 e. The molecule has 0 unspecified atom stereocenters. The van der Waals surface area contributed by atoms with Crippen molar-refractivity contribution in [2.24, 2.45) is 0 Å². The van der Waals surface area contributed by atoms with Crippen molar-refractivity contribution in [1.29, 1.82) is 0 Å². The molecule has 0 bridgehead atoms. The van der Waals surface area contributed by atoms with Crippen LogP contribution in [0.15, 0.2) is 0 Å².